The fraction of sp³-hybridized carbons (Fsp3) is 0.241. The summed E-state index contributed by atoms with van der Waals surface area (Å²) < 4.78 is 3.45. The Balaban J connectivity index is 1.51. The first-order valence-corrected chi connectivity index (χ1v) is 12.7. The number of imidazole rings is 1. The summed E-state index contributed by atoms with van der Waals surface area (Å²) in [7, 11) is 0. The largest absolute Gasteiger partial charge is 0.333 e. The molecule has 9 heteroatoms. The van der Waals surface area contributed by atoms with Crippen LogP contribution in [0.15, 0.2) is 71.8 Å². The summed E-state index contributed by atoms with van der Waals surface area (Å²) in [4.78, 5) is 30.6. The molecule has 9 nitrogen and oxygen atoms in total. The van der Waals surface area contributed by atoms with Crippen LogP contribution in [0.4, 0.5) is 0 Å². The summed E-state index contributed by atoms with van der Waals surface area (Å²) in [5.74, 6) is 0.482. The lowest BCUT2D eigenvalue weighted by Crippen LogP contribution is -2.26. The number of ketones is 1. The number of H-pyrrole nitrogens is 1. The Hall–Kier alpha value is -4.66. The Morgan fingerprint density at radius 1 is 1.05 bits per heavy atom. The molecule has 1 N–H and O–H groups in total. The van der Waals surface area contributed by atoms with Crippen LogP contribution in [0.2, 0.25) is 0 Å². The van der Waals surface area contributed by atoms with E-state index in [0.717, 1.165) is 52.9 Å². The number of nitrogens with zero attached hydrogens (tertiary/aromatic N) is 6. The zero-order valence-corrected chi connectivity index (χ0v) is 21.7. The molecule has 3 aromatic heterocycles. The van der Waals surface area contributed by atoms with Crippen LogP contribution in [0.1, 0.15) is 53.9 Å². The standard InChI is InChI=1S/C29H29N7O2/c1-4-5-9-23-18-36(27-19(2)8-6-10-24(27)20(3)37)29(38)35(23)17-21-12-14-22(15-13-21)26-25(11-7-16-30-26)28-31-33-34-32-28/h6-8,10-16,18H,4-5,9,17H2,1-3H3,(H,31,32,33,34). The molecule has 5 aromatic rings. The molecule has 0 fully saturated rings. The number of Topliss-reactive ketones (excluding diaryl/α,β-unsaturated/α-hetero) is 1. The van der Waals surface area contributed by atoms with Crippen molar-refractivity contribution in [1.82, 2.24) is 34.7 Å². The third-order valence-electron chi connectivity index (χ3n) is 6.68. The first kappa shape index (κ1) is 25.0. The van der Waals surface area contributed by atoms with Crippen LogP contribution in [0.5, 0.6) is 0 Å². The van der Waals surface area contributed by atoms with Crippen LogP contribution in [-0.4, -0.2) is 40.5 Å². The molecule has 0 aliphatic carbocycles. The molecule has 0 atom stereocenters. The Labute approximate surface area is 220 Å². The predicted molar refractivity (Wildman–Crippen MR) is 145 cm³/mol. The highest BCUT2D eigenvalue weighted by Gasteiger charge is 2.19. The minimum absolute atomic E-state index is 0.0657. The van der Waals surface area contributed by atoms with Crippen molar-refractivity contribution in [2.75, 3.05) is 0 Å². The maximum absolute atomic E-state index is 13.7. The second-order valence-electron chi connectivity index (χ2n) is 9.34. The lowest BCUT2D eigenvalue weighted by molar-refractivity contribution is 0.101. The first-order chi connectivity index (χ1) is 18.5. The van der Waals surface area contributed by atoms with Crippen LogP contribution in [0, 0.1) is 6.92 Å². The maximum atomic E-state index is 13.7. The molecule has 192 valence electrons. The molecule has 0 unspecified atom stereocenters. The Bertz CT molecular complexity index is 1630. The first-order valence-electron chi connectivity index (χ1n) is 12.7. The monoisotopic (exact) mass is 507 g/mol. The topological polar surface area (TPSA) is 111 Å². The van der Waals surface area contributed by atoms with Gasteiger partial charge in [0.1, 0.15) is 0 Å². The number of aromatic amines is 1. The van der Waals surface area contributed by atoms with Crippen LogP contribution in [-0.2, 0) is 13.0 Å². The van der Waals surface area contributed by atoms with E-state index in [2.05, 4.69) is 32.5 Å². The Morgan fingerprint density at radius 3 is 2.58 bits per heavy atom. The van der Waals surface area contributed by atoms with E-state index in [4.69, 9.17) is 0 Å². The summed E-state index contributed by atoms with van der Waals surface area (Å²) in [6, 6.07) is 17.3. The molecule has 0 amide bonds. The van der Waals surface area contributed by atoms with Crippen molar-refractivity contribution in [1.29, 1.82) is 0 Å². The van der Waals surface area contributed by atoms with Gasteiger partial charge in [-0.05, 0) is 66.4 Å². The SMILES string of the molecule is CCCCc1cn(-c2c(C)cccc2C(C)=O)c(=O)n1Cc1ccc(-c2ncccc2-c2nnn[nH]2)cc1. The van der Waals surface area contributed by atoms with Gasteiger partial charge in [-0.3, -0.25) is 18.9 Å². The van der Waals surface area contributed by atoms with Crippen molar-refractivity contribution in [3.63, 3.8) is 0 Å². The van der Waals surface area contributed by atoms with Gasteiger partial charge in [0.15, 0.2) is 11.6 Å². The minimum atomic E-state index is -0.151. The summed E-state index contributed by atoms with van der Waals surface area (Å²) >= 11 is 0. The number of tetrazole rings is 1. The van der Waals surface area contributed by atoms with Crippen molar-refractivity contribution < 1.29 is 4.79 Å². The van der Waals surface area contributed by atoms with Gasteiger partial charge in [0, 0.05) is 34.8 Å². The number of carbonyl (C=O) groups excluding carboxylic acids is 1. The third kappa shape index (κ3) is 4.82. The molecule has 0 spiro atoms. The predicted octanol–water partition coefficient (Wildman–Crippen LogP) is 4.78. The number of hydrogen-bond donors (Lipinski definition) is 1. The number of unbranched alkanes of at least 4 members (excludes halogenated alkanes) is 1. The minimum Gasteiger partial charge on any atom is -0.294 e. The second kappa shape index (κ2) is 10.8. The average Bonchev–Trinajstić information content (AvgIpc) is 3.57. The lowest BCUT2D eigenvalue weighted by Gasteiger charge is -2.11. The number of benzene rings is 2. The fourth-order valence-corrected chi connectivity index (χ4v) is 4.73. The molecule has 0 aliphatic heterocycles. The fourth-order valence-electron chi connectivity index (χ4n) is 4.73. The lowest BCUT2D eigenvalue weighted by atomic mass is 10.0. The maximum Gasteiger partial charge on any atom is 0.333 e. The molecule has 0 saturated heterocycles. The molecule has 0 bridgehead atoms. The van der Waals surface area contributed by atoms with Crippen molar-refractivity contribution in [3.05, 3.63) is 99.9 Å². The molecule has 0 radical (unpaired) electrons. The summed E-state index contributed by atoms with van der Waals surface area (Å²) in [5, 5.41) is 14.2. The number of pyridine rings is 1. The van der Waals surface area contributed by atoms with Crippen LogP contribution >= 0.6 is 0 Å². The van der Waals surface area contributed by atoms with E-state index in [9.17, 15) is 9.59 Å². The van der Waals surface area contributed by atoms with Gasteiger partial charge in [-0.2, -0.15) is 0 Å². The number of rotatable bonds is 9. The van der Waals surface area contributed by atoms with E-state index < -0.39 is 0 Å². The average molecular weight is 508 g/mol. The van der Waals surface area contributed by atoms with Gasteiger partial charge < -0.3 is 0 Å². The van der Waals surface area contributed by atoms with Gasteiger partial charge in [-0.15, -0.1) is 5.10 Å². The van der Waals surface area contributed by atoms with Gasteiger partial charge in [0.2, 0.25) is 0 Å². The van der Waals surface area contributed by atoms with E-state index in [1.54, 1.807) is 16.8 Å². The van der Waals surface area contributed by atoms with E-state index in [-0.39, 0.29) is 11.5 Å². The molecule has 0 aliphatic rings. The summed E-state index contributed by atoms with van der Waals surface area (Å²) in [6.45, 7) is 6.02. The van der Waals surface area contributed by atoms with Crippen LogP contribution in [0.25, 0.3) is 28.3 Å². The Kier molecular flexibility index (Phi) is 7.08. The van der Waals surface area contributed by atoms with E-state index >= 15 is 0 Å². The van der Waals surface area contributed by atoms with Gasteiger partial charge in [0.05, 0.1) is 17.9 Å². The van der Waals surface area contributed by atoms with E-state index in [1.165, 1.54) is 6.92 Å². The van der Waals surface area contributed by atoms with Crippen molar-refractivity contribution >= 4 is 5.78 Å². The highest BCUT2D eigenvalue weighted by molar-refractivity contribution is 5.98. The quantitative estimate of drug-likeness (QED) is 0.287. The number of aryl methyl sites for hydroxylation is 2. The van der Waals surface area contributed by atoms with E-state index in [1.807, 2.05) is 66.2 Å². The highest BCUT2D eigenvalue weighted by Crippen LogP contribution is 2.28. The van der Waals surface area contributed by atoms with Gasteiger partial charge in [-0.1, -0.05) is 49.7 Å². The Morgan fingerprint density at radius 2 is 1.87 bits per heavy atom. The molecular weight excluding hydrogens is 478 g/mol. The molecule has 3 heterocycles. The van der Waals surface area contributed by atoms with Gasteiger partial charge in [-0.25, -0.2) is 9.89 Å². The number of aromatic nitrogens is 7. The zero-order chi connectivity index (χ0) is 26.6. The molecule has 0 saturated carbocycles. The zero-order valence-electron chi connectivity index (χ0n) is 21.7. The summed E-state index contributed by atoms with van der Waals surface area (Å²) in [5.41, 5.74) is 6.36. The number of carbonyl (C=O) groups is 1. The molecular formula is C29H29N7O2. The highest BCUT2D eigenvalue weighted by atomic mass is 16.2. The van der Waals surface area contributed by atoms with Gasteiger partial charge >= 0.3 is 5.69 Å². The second-order valence-corrected chi connectivity index (χ2v) is 9.34. The number of nitrogens with one attached hydrogen (secondary N) is 1. The van der Waals surface area contributed by atoms with Crippen molar-refractivity contribution in [2.24, 2.45) is 0 Å². The van der Waals surface area contributed by atoms with Crippen LogP contribution in [0.3, 0.4) is 0 Å². The number of para-hydroxylation sites is 1. The smallest absolute Gasteiger partial charge is 0.294 e. The van der Waals surface area contributed by atoms with Crippen molar-refractivity contribution in [2.45, 2.75) is 46.6 Å². The summed E-state index contributed by atoms with van der Waals surface area (Å²) in [6.07, 6.45) is 6.39. The number of hydrogen-bond acceptors (Lipinski definition) is 6. The molecule has 5 rings (SSSR count). The van der Waals surface area contributed by atoms with Gasteiger partial charge in [0.25, 0.3) is 0 Å². The molecule has 2 aromatic carbocycles. The molecule has 38 heavy (non-hydrogen) atoms. The van der Waals surface area contributed by atoms with Crippen molar-refractivity contribution in [3.8, 4) is 28.3 Å². The third-order valence-corrected chi connectivity index (χ3v) is 6.68. The van der Waals surface area contributed by atoms with Crippen LogP contribution < -0.4 is 5.69 Å². The normalized spacial score (nSPS) is 11.1. The van der Waals surface area contributed by atoms with E-state index in [0.29, 0.717) is 23.6 Å².